The predicted octanol–water partition coefficient (Wildman–Crippen LogP) is 2.00. The Morgan fingerprint density at radius 3 is 2.84 bits per heavy atom. The second kappa shape index (κ2) is 5.57. The fourth-order valence-corrected chi connectivity index (χ4v) is 1.55. The summed E-state index contributed by atoms with van der Waals surface area (Å²) in [7, 11) is 0. The van der Waals surface area contributed by atoms with Crippen LogP contribution < -0.4 is 11.2 Å². The maximum absolute atomic E-state index is 13.4. The van der Waals surface area contributed by atoms with Crippen LogP contribution in [0.25, 0.3) is 0 Å². The lowest BCUT2D eigenvalue weighted by Gasteiger charge is -2.01. The summed E-state index contributed by atoms with van der Waals surface area (Å²) in [4.78, 5) is 11.6. The summed E-state index contributed by atoms with van der Waals surface area (Å²) in [6.45, 7) is 1.67. The van der Waals surface area contributed by atoms with Gasteiger partial charge in [-0.15, -0.1) is 0 Å². The molecular formula is C11H10ClFN6. The summed E-state index contributed by atoms with van der Waals surface area (Å²) in [5.41, 5.74) is 8.16. The number of nitrogen functional groups attached to an aromatic ring is 1. The standard InChI is InChI=1S/C11H10ClFN6/c1-6-16-10(14)18-11(17-6)19-15-5-7-8(12)3-2-4-9(7)13/h2-5H,1H3,(H3,14,16,17,18,19)/b15-5-. The van der Waals surface area contributed by atoms with Gasteiger partial charge in [0, 0.05) is 5.56 Å². The van der Waals surface area contributed by atoms with Crippen LogP contribution in [0.2, 0.25) is 5.02 Å². The van der Waals surface area contributed by atoms with E-state index in [1.54, 1.807) is 13.0 Å². The van der Waals surface area contributed by atoms with Crippen LogP contribution >= 0.6 is 11.6 Å². The number of nitrogens with two attached hydrogens (primary N) is 1. The predicted molar refractivity (Wildman–Crippen MR) is 71.6 cm³/mol. The number of hydrazone groups is 1. The van der Waals surface area contributed by atoms with Crippen molar-refractivity contribution in [1.29, 1.82) is 0 Å². The molecule has 1 heterocycles. The SMILES string of the molecule is Cc1nc(N)nc(N/N=C\c2c(F)cccc2Cl)n1. The molecule has 6 nitrogen and oxygen atoms in total. The summed E-state index contributed by atoms with van der Waals surface area (Å²) in [6, 6.07) is 4.37. The van der Waals surface area contributed by atoms with Crippen LogP contribution in [-0.2, 0) is 0 Å². The summed E-state index contributed by atoms with van der Waals surface area (Å²) in [6.07, 6.45) is 1.24. The first-order valence-corrected chi connectivity index (χ1v) is 5.65. The summed E-state index contributed by atoms with van der Waals surface area (Å²) in [5.74, 6) is 0.237. The molecule has 0 unspecified atom stereocenters. The van der Waals surface area contributed by atoms with Gasteiger partial charge in [-0.05, 0) is 19.1 Å². The largest absolute Gasteiger partial charge is 0.368 e. The molecule has 2 rings (SSSR count). The number of aryl methyl sites for hydroxylation is 1. The van der Waals surface area contributed by atoms with Crippen molar-refractivity contribution in [2.24, 2.45) is 5.10 Å². The second-order valence-corrected chi connectivity index (χ2v) is 3.98. The Morgan fingerprint density at radius 2 is 2.16 bits per heavy atom. The molecule has 19 heavy (non-hydrogen) atoms. The van der Waals surface area contributed by atoms with Crippen LogP contribution in [0.15, 0.2) is 23.3 Å². The number of anilines is 2. The molecule has 0 spiro atoms. The molecule has 0 saturated heterocycles. The zero-order chi connectivity index (χ0) is 13.8. The number of hydrogen-bond donors (Lipinski definition) is 2. The fraction of sp³-hybridized carbons (Fsp3) is 0.0909. The van der Waals surface area contributed by atoms with Crippen molar-refractivity contribution in [2.45, 2.75) is 6.92 Å². The van der Waals surface area contributed by atoms with E-state index in [0.717, 1.165) is 0 Å². The minimum Gasteiger partial charge on any atom is -0.368 e. The Hall–Kier alpha value is -2.28. The van der Waals surface area contributed by atoms with Gasteiger partial charge < -0.3 is 5.73 Å². The van der Waals surface area contributed by atoms with Crippen molar-refractivity contribution < 1.29 is 4.39 Å². The van der Waals surface area contributed by atoms with Gasteiger partial charge in [0.05, 0.1) is 11.2 Å². The van der Waals surface area contributed by atoms with Crippen molar-refractivity contribution in [2.75, 3.05) is 11.2 Å². The Balaban J connectivity index is 2.16. The monoisotopic (exact) mass is 280 g/mol. The van der Waals surface area contributed by atoms with Crippen molar-refractivity contribution >= 4 is 29.7 Å². The van der Waals surface area contributed by atoms with E-state index in [0.29, 0.717) is 5.82 Å². The molecule has 0 radical (unpaired) electrons. The zero-order valence-electron chi connectivity index (χ0n) is 9.93. The van der Waals surface area contributed by atoms with Crippen LogP contribution in [0.5, 0.6) is 0 Å². The highest BCUT2D eigenvalue weighted by Gasteiger charge is 2.04. The van der Waals surface area contributed by atoms with Gasteiger partial charge in [0.15, 0.2) is 0 Å². The van der Waals surface area contributed by atoms with Crippen LogP contribution in [0, 0.1) is 12.7 Å². The molecule has 1 aromatic heterocycles. The van der Waals surface area contributed by atoms with Crippen LogP contribution in [0.4, 0.5) is 16.3 Å². The Kier molecular flexibility index (Phi) is 3.86. The molecule has 1 aromatic carbocycles. The Labute approximate surface area is 113 Å². The molecule has 0 aliphatic heterocycles. The molecular weight excluding hydrogens is 271 g/mol. The lowest BCUT2D eigenvalue weighted by atomic mass is 10.2. The molecule has 0 atom stereocenters. The number of halogens is 2. The van der Waals surface area contributed by atoms with E-state index in [9.17, 15) is 4.39 Å². The fourth-order valence-electron chi connectivity index (χ4n) is 1.34. The van der Waals surface area contributed by atoms with E-state index < -0.39 is 5.82 Å². The van der Waals surface area contributed by atoms with E-state index in [4.69, 9.17) is 17.3 Å². The summed E-state index contributed by atoms with van der Waals surface area (Å²) < 4.78 is 13.4. The first-order chi connectivity index (χ1) is 9.06. The van der Waals surface area contributed by atoms with E-state index in [1.165, 1.54) is 18.3 Å². The molecule has 0 aliphatic carbocycles. The summed E-state index contributed by atoms with van der Waals surface area (Å²) >= 11 is 5.84. The minimum atomic E-state index is -0.468. The molecule has 0 amide bonds. The molecule has 0 bridgehead atoms. The van der Waals surface area contributed by atoms with Gasteiger partial charge in [0.1, 0.15) is 11.6 Å². The van der Waals surface area contributed by atoms with Crippen molar-refractivity contribution in [3.8, 4) is 0 Å². The lowest BCUT2D eigenvalue weighted by molar-refractivity contribution is 0.626. The maximum atomic E-state index is 13.4. The van der Waals surface area contributed by atoms with Gasteiger partial charge in [0.25, 0.3) is 0 Å². The molecule has 2 aromatic rings. The summed E-state index contributed by atoms with van der Waals surface area (Å²) in [5, 5.41) is 4.07. The third kappa shape index (κ3) is 3.35. The Morgan fingerprint density at radius 1 is 1.37 bits per heavy atom. The third-order valence-corrected chi connectivity index (χ3v) is 2.45. The van der Waals surface area contributed by atoms with Crippen LogP contribution in [0.1, 0.15) is 11.4 Å². The average molecular weight is 281 g/mol. The van der Waals surface area contributed by atoms with Gasteiger partial charge in [-0.1, -0.05) is 17.7 Å². The number of rotatable bonds is 3. The first kappa shape index (κ1) is 13.2. The van der Waals surface area contributed by atoms with Crippen molar-refractivity contribution in [1.82, 2.24) is 15.0 Å². The minimum absolute atomic E-state index is 0.0779. The number of nitrogens with zero attached hydrogens (tertiary/aromatic N) is 4. The van der Waals surface area contributed by atoms with Gasteiger partial charge in [-0.25, -0.2) is 9.82 Å². The maximum Gasteiger partial charge on any atom is 0.248 e. The second-order valence-electron chi connectivity index (χ2n) is 3.57. The van der Waals surface area contributed by atoms with E-state index >= 15 is 0 Å². The number of nitrogens with one attached hydrogen (secondary N) is 1. The van der Waals surface area contributed by atoms with Crippen LogP contribution in [-0.4, -0.2) is 21.2 Å². The quantitative estimate of drug-likeness (QED) is 0.663. The third-order valence-electron chi connectivity index (χ3n) is 2.12. The highest BCUT2D eigenvalue weighted by molar-refractivity contribution is 6.33. The van der Waals surface area contributed by atoms with E-state index in [2.05, 4.69) is 25.5 Å². The molecule has 0 saturated carbocycles. The van der Waals surface area contributed by atoms with Crippen molar-refractivity contribution in [3.05, 3.63) is 40.4 Å². The topological polar surface area (TPSA) is 89.1 Å². The molecule has 0 aliphatic rings. The molecule has 8 heteroatoms. The molecule has 0 fully saturated rings. The first-order valence-electron chi connectivity index (χ1n) is 5.27. The van der Waals surface area contributed by atoms with Crippen LogP contribution in [0.3, 0.4) is 0 Å². The van der Waals surface area contributed by atoms with Gasteiger partial charge in [-0.2, -0.15) is 20.1 Å². The highest BCUT2D eigenvalue weighted by atomic mass is 35.5. The molecule has 3 N–H and O–H groups in total. The molecule has 98 valence electrons. The van der Waals surface area contributed by atoms with E-state index in [-0.39, 0.29) is 22.5 Å². The average Bonchev–Trinajstić information content (AvgIpc) is 2.32. The zero-order valence-corrected chi connectivity index (χ0v) is 10.7. The normalized spacial score (nSPS) is 10.9. The van der Waals surface area contributed by atoms with Gasteiger partial charge in [-0.3, -0.25) is 0 Å². The smallest absolute Gasteiger partial charge is 0.248 e. The van der Waals surface area contributed by atoms with Gasteiger partial charge in [0.2, 0.25) is 11.9 Å². The highest BCUT2D eigenvalue weighted by Crippen LogP contribution is 2.16. The van der Waals surface area contributed by atoms with Gasteiger partial charge >= 0.3 is 0 Å². The number of hydrogen-bond acceptors (Lipinski definition) is 6. The van der Waals surface area contributed by atoms with E-state index in [1.807, 2.05) is 0 Å². The lowest BCUT2D eigenvalue weighted by Crippen LogP contribution is -2.04. The van der Waals surface area contributed by atoms with Crippen molar-refractivity contribution in [3.63, 3.8) is 0 Å². The number of benzene rings is 1. The number of aromatic nitrogens is 3. The Bertz CT molecular complexity index is 590.